The zero-order valence-electron chi connectivity index (χ0n) is 13.0. The fraction of sp³-hybridized carbons (Fsp3) is 0.158. The lowest BCUT2D eigenvalue weighted by Crippen LogP contribution is -2.04. The van der Waals surface area contributed by atoms with Crippen molar-refractivity contribution in [2.75, 3.05) is 6.61 Å². The number of aromatic amines is 1. The van der Waals surface area contributed by atoms with E-state index >= 15 is 0 Å². The topological polar surface area (TPSA) is 55.0 Å². The first kappa shape index (κ1) is 16.7. The van der Waals surface area contributed by atoms with Crippen LogP contribution >= 0.6 is 22.6 Å². The molecule has 122 valence electrons. The van der Waals surface area contributed by atoms with Gasteiger partial charge in [0.1, 0.15) is 5.75 Å². The van der Waals surface area contributed by atoms with Crippen molar-refractivity contribution < 1.29 is 9.53 Å². The highest BCUT2D eigenvalue weighted by Gasteiger charge is 2.11. The summed E-state index contributed by atoms with van der Waals surface area (Å²) < 4.78 is 6.68. The summed E-state index contributed by atoms with van der Waals surface area (Å²) >= 11 is 2.18. The van der Waals surface area contributed by atoms with Gasteiger partial charge in [-0.1, -0.05) is 12.1 Å². The van der Waals surface area contributed by atoms with Gasteiger partial charge in [0.25, 0.3) is 0 Å². The number of carbonyl (C=O) groups is 1. The van der Waals surface area contributed by atoms with Gasteiger partial charge >= 0.3 is 0 Å². The Labute approximate surface area is 154 Å². The van der Waals surface area contributed by atoms with E-state index in [0.717, 1.165) is 33.4 Å². The second kappa shape index (κ2) is 8.10. The number of ether oxygens (including phenoxy) is 1. The third-order valence-electron chi connectivity index (χ3n) is 3.65. The van der Waals surface area contributed by atoms with Gasteiger partial charge in [0.05, 0.1) is 12.9 Å². The van der Waals surface area contributed by atoms with Crippen LogP contribution in [0.15, 0.2) is 61.1 Å². The van der Waals surface area contributed by atoms with Gasteiger partial charge in [-0.05, 0) is 71.8 Å². The number of nitrogens with one attached hydrogen (secondary N) is 1. The van der Waals surface area contributed by atoms with E-state index in [1.807, 2.05) is 54.7 Å². The van der Waals surface area contributed by atoms with Crippen LogP contribution in [-0.4, -0.2) is 22.4 Å². The quantitative estimate of drug-likeness (QED) is 0.345. The van der Waals surface area contributed by atoms with Crippen LogP contribution < -0.4 is 4.74 Å². The molecule has 4 nitrogen and oxygen atoms in total. The summed E-state index contributed by atoms with van der Waals surface area (Å²) in [5.41, 5.74) is 2.51. The lowest BCUT2D eigenvalue weighted by molar-refractivity contribution is 0.103. The highest BCUT2D eigenvalue weighted by atomic mass is 127. The average molecular weight is 432 g/mol. The molecule has 0 aliphatic carbocycles. The molecule has 0 aliphatic heterocycles. The molecule has 1 N–H and O–H groups in total. The number of ketones is 1. The van der Waals surface area contributed by atoms with Crippen molar-refractivity contribution >= 4 is 28.4 Å². The first-order valence-corrected chi connectivity index (χ1v) is 8.81. The molecular formula is C19H17IN2O2. The van der Waals surface area contributed by atoms with E-state index in [1.165, 1.54) is 0 Å². The molecule has 0 amide bonds. The van der Waals surface area contributed by atoms with Crippen molar-refractivity contribution in [3.8, 4) is 5.75 Å². The number of nitrogens with zero attached hydrogens (tertiary/aromatic N) is 1. The minimum absolute atomic E-state index is 0.0331. The summed E-state index contributed by atoms with van der Waals surface area (Å²) in [5, 5.41) is 0. The fourth-order valence-corrected chi connectivity index (χ4v) is 3.01. The summed E-state index contributed by atoms with van der Waals surface area (Å²) in [6.45, 7) is 0.628. The van der Waals surface area contributed by atoms with Crippen molar-refractivity contribution in [2.45, 2.75) is 12.8 Å². The van der Waals surface area contributed by atoms with Crippen LogP contribution in [-0.2, 0) is 6.42 Å². The summed E-state index contributed by atoms with van der Waals surface area (Å²) in [5.74, 6) is 0.810. The van der Waals surface area contributed by atoms with Crippen molar-refractivity contribution in [3.05, 3.63) is 81.4 Å². The van der Waals surface area contributed by atoms with Gasteiger partial charge in [-0.2, -0.15) is 0 Å². The standard InChI is InChI=1S/C19H17IN2O2/c20-18-6-2-1-5-17(18)19(23)14-7-9-16(10-8-14)24-11-3-4-15-12-21-13-22-15/h1-2,5-10,12-13H,3-4,11H2,(H,21,22). The molecule has 0 atom stereocenters. The molecule has 24 heavy (non-hydrogen) atoms. The van der Waals surface area contributed by atoms with Crippen LogP contribution in [0.5, 0.6) is 5.75 Å². The van der Waals surface area contributed by atoms with Gasteiger partial charge in [0.15, 0.2) is 5.78 Å². The first-order chi connectivity index (χ1) is 11.7. The van der Waals surface area contributed by atoms with Crippen LogP contribution in [0.4, 0.5) is 0 Å². The van der Waals surface area contributed by atoms with Gasteiger partial charge in [-0.3, -0.25) is 4.79 Å². The number of aryl methyl sites for hydroxylation is 1. The Hall–Kier alpha value is -2.15. The number of imidazole rings is 1. The highest BCUT2D eigenvalue weighted by molar-refractivity contribution is 14.1. The SMILES string of the molecule is O=C(c1ccc(OCCCc2cnc[nH]2)cc1)c1ccccc1I. The normalized spacial score (nSPS) is 10.5. The molecule has 0 saturated heterocycles. The molecule has 2 aromatic carbocycles. The van der Waals surface area contributed by atoms with E-state index in [9.17, 15) is 4.79 Å². The molecule has 0 radical (unpaired) electrons. The third-order valence-corrected chi connectivity index (χ3v) is 4.59. The monoisotopic (exact) mass is 432 g/mol. The maximum atomic E-state index is 12.5. The van der Waals surface area contributed by atoms with Crippen LogP contribution in [0.2, 0.25) is 0 Å². The summed E-state index contributed by atoms with van der Waals surface area (Å²) in [4.78, 5) is 19.6. The van der Waals surface area contributed by atoms with Gasteiger partial charge in [-0.15, -0.1) is 0 Å². The number of benzene rings is 2. The van der Waals surface area contributed by atoms with Crippen molar-refractivity contribution in [3.63, 3.8) is 0 Å². The molecule has 0 bridgehead atoms. The van der Waals surface area contributed by atoms with Crippen molar-refractivity contribution in [1.29, 1.82) is 0 Å². The van der Waals surface area contributed by atoms with E-state index < -0.39 is 0 Å². The van der Waals surface area contributed by atoms with Crippen LogP contribution in [0.1, 0.15) is 28.0 Å². The zero-order valence-corrected chi connectivity index (χ0v) is 15.2. The maximum Gasteiger partial charge on any atom is 0.194 e. The molecule has 5 heteroatoms. The second-order valence-corrected chi connectivity index (χ2v) is 6.52. The molecule has 1 heterocycles. The third kappa shape index (κ3) is 4.23. The van der Waals surface area contributed by atoms with E-state index in [-0.39, 0.29) is 5.78 Å². The number of rotatable bonds is 7. The lowest BCUT2D eigenvalue weighted by Gasteiger charge is -2.07. The van der Waals surface area contributed by atoms with Gasteiger partial charge in [0.2, 0.25) is 0 Å². The molecular weight excluding hydrogens is 415 g/mol. The molecule has 0 spiro atoms. The number of hydrogen-bond acceptors (Lipinski definition) is 3. The fourth-order valence-electron chi connectivity index (χ4n) is 2.38. The Bertz CT molecular complexity index is 798. The van der Waals surface area contributed by atoms with Crippen LogP contribution in [0.3, 0.4) is 0 Å². The second-order valence-electron chi connectivity index (χ2n) is 5.36. The Balaban J connectivity index is 1.55. The Morgan fingerprint density at radius 2 is 1.92 bits per heavy atom. The summed E-state index contributed by atoms with van der Waals surface area (Å²) in [6.07, 6.45) is 5.32. The maximum absolute atomic E-state index is 12.5. The molecule has 3 rings (SSSR count). The Morgan fingerprint density at radius 3 is 2.62 bits per heavy atom. The molecule has 0 aliphatic rings. The minimum Gasteiger partial charge on any atom is -0.494 e. The predicted molar refractivity (Wildman–Crippen MR) is 101 cm³/mol. The minimum atomic E-state index is 0.0331. The molecule has 3 aromatic rings. The van der Waals surface area contributed by atoms with E-state index in [0.29, 0.717) is 12.2 Å². The largest absolute Gasteiger partial charge is 0.494 e. The Morgan fingerprint density at radius 1 is 1.12 bits per heavy atom. The first-order valence-electron chi connectivity index (χ1n) is 7.73. The van der Waals surface area contributed by atoms with Crippen molar-refractivity contribution in [1.82, 2.24) is 9.97 Å². The molecule has 1 aromatic heterocycles. The predicted octanol–water partition coefficient (Wildman–Crippen LogP) is 4.26. The van der Waals surface area contributed by atoms with E-state index in [1.54, 1.807) is 6.33 Å². The van der Waals surface area contributed by atoms with Crippen LogP contribution in [0.25, 0.3) is 0 Å². The molecule has 0 saturated carbocycles. The number of carbonyl (C=O) groups excluding carboxylic acids is 1. The van der Waals surface area contributed by atoms with E-state index in [2.05, 4.69) is 32.6 Å². The number of H-pyrrole nitrogens is 1. The van der Waals surface area contributed by atoms with E-state index in [4.69, 9.17) is 4.74 Å². The van der Waals surface area contributed by atoms with Crippen molar-refractivity contribution in [2.24, 2.45) is 0 Å². The average Bonchev–Trinajstić information content (AvgIpc) is 3.13. The molecule has 0 fully saturated rings. The molecule has 0 unspecified atom stereocenters. The number of aromatic nitrogens is 2. The van der Waals surface area contributed by atoms with Gasteiger partial charge in [-0.25, -0.2) is 4.98 Å². The van der Waals surface area contributed by atoms with Crippen LogP contribution in [0, 0.1) is 3.57 Å². The summed E-state index contributed by atoms with van der Waals surface area (Å²) in [7, 11) is 0. The van der Waals surface area contributed by atoms with Gasteiger partial charge in [0, 0.05) is 26.6 Å². The highest BCUT2D eigenvalue weighted by Crippen LogP contribution is 2.19. The number of halogens is 1. The number of hydrogen-bond donors (Lipinski definition) is 1. The lowest BCUT2D eigenvalue weighted by atomic mass is 10.0. The smallest absolute Gasteiger partial charge is 0.194 e. The summed E-state index contributed by atoms with van der Waals surface area (Å²) in [6, 6.07) is 14.9. The zero-order chi connectivity index (χ0) is 16.8. The Kier molecular flexibility index (Phi) is 5.63. The van der Waals surface area contributed by atoms with Gasteiger partial charge < -0.3 is 9.72 Å².